The zero-order chi connectivity index (χ0) is 16.7. The van der Waals surface area contributed by atoms with Gasteiger partial charge in [0.2, 0.25) is 0 Å². The normalized spacial score (nSPS) is 16.8. The van der Waals surface area contributed by atoms with Crippen LogP contribution < -0.4 is 10.6 Å². The summed E-state index contributed by atoms with van der Waals surface area (Å²) in [6.45, 7) is 0.152. The Morgan fingerprint density at radius 3 is 2.57 bits per heavy atom. The first-order valence-electron chi connectivity index (χ1n) is 7.97. The zero-order valence-electron chi connectivity index (χ0n) is 13.3. The van der Waals surface area contributed by atoms with Crippen molar-refractivity contribution in [2.24, 2.45) is 5.92 Å². The predicted molar refractivity (Wildman–Crippen MR) is 85.6 cm³/mol. The van der Waals surface area contributed by atoms with Gasteiger partial charge in [0.15, 0.2) is 6.10 Å². The molecule has 6 nitrogen and oxygen atoms in total. The fourth-order valence-electron chi connectivity index (χ4n) is 2.60. The molecule has 2 unspecified atom stereocenters. The van der Waals surface area contributed by atoms with Gasteiger partial charge in [0, 0.05) is 7.05 Å². The minimum absolute atomic E-state index is 0.152. The molecule has 1 aliphatic rings. The monoisotopic (exact) mass is 320 g/mol. The van der Waals surface area contributed by atoms with Gasteiger partial charge in [0.25, 0.3) is 5.91 Å². The lowest BCUT2D eigenvalue weighted by atomic mass is 9.80. The molecule has 1 saturated carbocycles. The van der Waals surface area contributed by atoms with Gasteiger partial charge in [-0.05, 0) is 17.9 Å². The van der Waals surface area contributed by atoms with E-state index in [4.69, 9.17) is 4.74 Å². The van der Waals surface area contributed by atoms with Crippen LogP contribution in [0, 0.1) is 5.92 Å². The summed E-state index contributed by atoms with van der Waals surface area (Å²) in [5.74, 6) is -0.0635. The highest BCUT2D eigenvalue weighted by molar-refractivity contribution is 5.81. The summed E-state index contributed by atoms with van der Waals surface area (Å²) in [7, 11) is 1.46. The van der Waals surface area contributed by atoms with Crippen molar-refractivity contribution in [1.82, 2.24) is 10.6 Å². The maximum absolute atomic E-state index is 12.0. The molecule has 2 amide bonds. The summed E-state index contributed by atoms with van der Waals surface area (Å²) in [4.78, 5) is 23.6. The Balaban J connectivity index is 1.87. The van der Waals surface area contributed by atoms with Gasteiger partial charge in [-0.2, -0.15) is 0 Å². The molecule has 2 atom stereocenters. The second kappa shape index (κ2) is 8.53. The van der Waals surface area contributed by atoms with Crippen LogP contribution in [-0.4, -0.2) is 36.3 Å². The molecule has 0 heterocycles. The van der Waals surface area contributed by atoms with Crippen LogP contribution in [0.25, 0.3) is 0 Å². The van der Waals surface area contributed by atoms with Gasteiger partial charge >= 0.3 is 6.09 Å². The molecule has 0 saturated heterocycles. The second-order valence-corrected chi connectivity index (χ2v) is 5.90. The van der Waals surface area contributed by atoms with Crippen molar-refractivity contribution in [3.05, 3.63) is 35.9 Å². The van der Waals surface area contributed by atoms with Gasteiger partial charge in [-0.1, -0.05) is 49.6 Å². The molecule has 0 spiro atoms. The molecule has 0 bridgehead atoms. The van der Waals surface area contributed by atoms with E-state index in [1.54, 1.807) is 0 Å². The smallest absolute Gasteiger partial charge is 0.407 e. The van der Waals surface area contributed by atoms with Crippen molar-refractivity contribution in [2.45, 2.75) is 44.4 Å². The van der Waals surface area contributed by atoms with Crippen molar-refractivity contribution in [1.29, 1.82) is 0 Å². The molecule has 6 heteroatoms. The van der Waals surface area contributed by atoms with Crippen LogP contribution >= 0.6 is 0 Å². The number of carbonyl (C=O) groups is 2. The maximum atomic E-state index is 12.0. The summed E-state index contributed by atoms with van der Waals surface area (Å²) in [5, 5.41) is 15.1. The molecule has 23 heavy (non-hydrogen) atoms. The molecule has 1 aliphatic carbocycles. The van der Waals surface area contributed by atoms with E-state index in [9.17, 15) is 14.7 Å². The number of aliphatic hydroxyl groups is 1. The molecule has 1 aromatic rings. The molecular formula is C17H24N2O4. The molecule has 1 aromatic carbocycles. The summed E-state index contributed by atoms with van der Waals surface area (Å²) < 4.78 is 5.16. The largest absolute Gasteiger partial charge is 0.445 e. The Labute approximate surface area is 136 Å². The van der Waals surface area contributed by atoms with E-state index in [0.29, 0.717) is 12.3 Å². The second-order valence-electron chi connectivity index (χ2n) is 5.90. The number of aliphatic hydroxyl groups excluding tert-OH is 1. The fraction of sp³-hybridized carbons (Fsp3) is 0.529. The lowest BCUT2D eigenvalue weighted by Gasteiger charge is -2.31. The average Bonchev–Trinajstić information content (AvgIpc) is 2.54. The first-order valence-corrected chi connectivity index (χ1v) is 7.97. The Hall–Kier alpha value is -2.08. The first-order chi connectivity index (χ1) is 11.1. The van der Waals surface area contributed by atoms with E-state index in [2.05, 4.69) is 10.6 Å². The van der Waals surface area contributed by atoms with Gasteiger partial charge < -0.3 is 20.5 Å². The number of ether oxygens (including phenoxy) is 1. The van der Waals surface area contributed by atoms with Crippen molar-refractivity contribution in [3.8, 4) is 0 Å². The number of nitrogens with one attached hydrogen (secondary N) is 2. The molecule has 126 valence electrons. The van der Waals surface area contributed by atoms with Gasteiger partial charge in [0.1, 0.15) is 6.61 Å². The van der Waals surface area contributed by atoms with E-state index in [1.807, 2.05) is 30.3 Å². The Kier molecular flexibility index (Phi) is 6.40. The minimum Gasteiger partial charge on any atom is -0.445 e. The molecule has 2 rings (SSSR count). The standard InChI is InChI=1S/C17H24N2O4/c1-18-16(21)15(20)14(10-12-8-5-9-12)19-17(22)23-11-13-6-3-2-4-7-13/h2-4,6-7,12,14-15,20H,5,8-11H2,1H3,(H,18,21)(H,19,22). The Bertz CT molecular complexity index is 517. The van der Waals surface area contributed by atoms with Crippen LogP contribution in [0.15, 0.2) is 30.3 Å². The number of likely N-dealkylation sites (N-methyl/N-ethyl adjacent to an activating group) is 1. The molecule has 1 fully saturated rings. The quantitative estimate of drug-likeness (QED) is 0.712. The van der Waals surface area contributed by atoms with Crippen molar-refractivity contribution in [2.75, 3.05) is 7.05 Å². The lowest BCUT2D eigenvalue weighted by molar-refractivity contribution is -0.130. The van der Waals surface area contributed by atoms with Gasteiger partial charge in [-0.15, -0.1) is 0 Å². The third-order valence-corrected chi connectivity index (χ3v) is 4.22. The third-order valence-electron chi connectivity index (χ3n) is 4.22. The van der Waals surface area contributed by atoms with Crippen molar-refractivity contribution >= 4 is 12.0 Å². The molecule has 0 aromatic heterocycles. The predicted octanol–water partition coefficient (Wildman–Crippen LogP) is 1.58. The van der Waals surface area contributed by atoms with E-state index in [0.717, 1.165) is 24.8 Å². The topological polar surface area (TPSA) is 87.7 Å². The van der Waals surface area contributed by atoms with Crippen LogP contribution in [-0.2, 0) is 16.1 Å². The van der Waals surface area contributed by atoms with E-state index in [-0.39, 0.29) is 6.61 Å². The van der Waals surface area contributed by atoms with E-state index >= 15 is 0 Å². The SMILES string of the molecule is CNC(=O)C(O)C(CC1CCC1)NC(=O)OCc1ccccc1. The highest BCUT2D eigenvalue weighted by Crippen LogP contribution is 2.31. The van der Waals surface area contributed by atoms with E-state index in [1.165, 1.54) is 7.05 Å². The van der Waals surface area contributed by atoms with Gasteiger partial charge in [-0.25, -0.2) is 4.79 Å². The molecular weight excluding hydrogens is 296 g/mol. The third kappa shape index (κ3) is 5.25. The zero-order valence-corrected chi connectivity index (χ0v) is 13.3. The maximum Gasteiger partial charge on any atom is 0.407 e. The number of amides is 2. The van der Waals surface area contributed by atoms with E-state index < -0.39 is 24.1 Å². The Morgan fingerprint density at radius 2 is 2.00 bits per heavy atom. The molecule has 0 radical (unpaired) electrons. The van der Waals surface area contributed by atoms with Gasteiger partial charge in [-0.3, -0.25) is 4.79 Å². The minimum atomic E-state index is -1.27. The first kappa shape index (κ1) is 17.3. The Morgan fingerprint density at radius 1 is 1.30 bits per heavy atom. The number of rotatable bonds is 7. The highest BCUT2D eigenvalue weighted by Gasteiger charge is 2.31. The van der Waals surface area contributed by atoms with Crippen LogP contribution in [0.4, 0.5) is 4.79 Å². The highest BCUT2D eigenvalue weighted by atomic mass is 16.5. The molecule has 3 N–H and O–H groups in total. The van der Waals surface area contributed by atoms with Crippen LogP contribution in [0.5, 0.6) is 0 Å². The summed E-state index contributed by atoms with van der Waals surface area (Å²) in [5.41, 5.74) is 0.880. The van der Waals surface area contributed by atoms with Crippen molar-refractivity contribution < 1.29 is 19.4 Å². The van der Waals surface area contributed by atoms with Crippen LogP contribution in [0.1, 0.15) is 31.2 Å². The number of alkyl carbamates (subject to hydrolysis) is 1. The van der Waals surface area contributed by atoms with Crippen molar-refractivity contribution in [3.63, 3.8) is 0 Å². The average molecular weight is 320 g/mol. The van der Waals surface area contributed by atoms with Crippen LogP contribution in [0.2, 0.25) is 0 Å². The van der Waals surface area contributed by atoms with Gasteiger partial charge in [0.05, 0.1) is 6.04 Å². The number of hydrogen-bond donors (Lipinski definition) is 3. The summed E-state index contributed by atoms with van der Waals surface area (Å²) >= 11 is 0. The lowest BCUT2D eigenvalue weighted by Crippen LogP contribution is -2.51. The number of hydrogen-bond acceptors (Lipinski definition) is 4. The summed E-state index contributed by atoms with van der Waals surface area (Å²) in [6, 6.07) is 8.70. The number of carbonyl (C=O) groups excluding carboxylic acids is 2. The summed E-state index contributed by atoms with van der Waals surface area (Å²) in [6.07, 6.45) is 1.97. The number of benzene rings is 1. The van der Waals surface area contributed by atoms with Crippen LogP contribution in [0.3, 0.4) is 0 Å². The molecule has 0 aliphatic heterocycles. The fourth-order valence-corrected chi connectivity index (χ4v) is 2.60.